The van der Waals surface area contributed by atoms with Crippen molar-refractivity contribution in [1.29, 1.82) is 0 Å². The molecule has 110 valence electrons. The summed E-state index contributed by atoms with van der Waals surface area (Å²) in [5.41, 5.74) is 7.01. The van der Waals surface area contributed by atoms with Crippen LogP contribution in [0.5, 0.6) is 0 Å². The quantitative estimate of drug-likeness (QED) is 0.915. The first-order valence-electron chi connectivity index (χ1n) is 7.34. The second-order valence-corrected chi connectivity index (χ2v) is 5.99. The van der Waals surface area contributed by atoms with Gasteiger partial charge in [0.1, 0.15) is 0 Å². The zero-order chi connectivity index (χ0) is 13.9. The van der Waals surface area contributed by atoms with Crippen LogP contribution in [0.1, 0.15) is 25.5 Å². The van der Waals surface area contributed by atoms with E-state index < -0.39 is 0 Å². The topological polar surface area (TPSA) is 55.8 Å². The summed E-state index contributed by atoms with van der Waals surface area (Å²) in [6, 6.07) is 0. The van der Waals surface area contributed by atoms with Gasteiger partial charge >= 0.3 is 0 Å². The smallest absolute Gasteiger partial charge is 0.195 e. The van der Waals surface area contributed by atoms with E-state index in [0.29, 0.717) is 12.6 Å². The van der Waals surface area contributed by atoms with Crippen molar-refractivity contribution in [2.45, 2.75) is 32.3 Å². The molecule has 0 aromatic carbocycles. The van der Waals surface area contributed by atoms with Gasteiger partial charge in [-0.15, -0.1) is 11.3 Å². The minimum absolute atomic E-state index is 0.415. The Balaban J connectivity index is 1.80. The fourth-order valence-corrected chi connectivity index (χ4v) is 3.64. The van der Waals surface area contributed by atoms with Crippen molar-refractivity contribution in [1.82, 2.24) is 9.38 Å². The molecule has 2 aromatic heterocycles. The van der Waals surface area contributed by atoms with Crippen LogP contribution in [0.4, 0.5) is 5.82 Å². The van der Waals surface area contributed by atoms with Crippen molar-refractivity contribution >= 4 is 22.1 Å². The molecule has 0 saturated carbocycles. The van der Waals surface area contributed by atoms with Crippen LogP contribution in [0.3, 0.4) is 0 Å². The summed E-state index contributed by atoms with van der Waals surface area (Å²) in [6.07, 6.45) is 5.55. The number of nitrogens with zero attached hydrogens (tertiary/aromatic N) is 3. The van der Waals surface area contributed by atoms with Crippen molar-refractivity contribution in [2.24, 2.45) is 5.73 Å². The van der Waals surface area contributed by atoms with E-state index >= 15 is 0 Å². The number of hydrogen-bond donors (Lipinski definition) is 1. The standard InChI is InChI=1S/C14H22N4OS/c1-2-19-11-4-7-17(8-5-11)13-12(3-6-15)18-9-10-20-14(18)16-13/h9-11H,2-8,15H2,1H3. The summed E-state index contributed by atoms with van der Waals surface area (Å²) < 4.78 is 7.90. The first-order valence-corrected chi connectivity index (χ1v) is 8.22. The number of rotatable bonds is 5. The lowest BCUT2D eigenvalue weighted by atomic mass is 10.1. The summed E-state index contributed by atoms with van der Waals surface area (Å²) in [7, 11) is 0. The average Bonchev–Trinajstić information content (AvgIpc) is 3.03. The number of nitrogens with two attached hydrogens (primary N) is 1. The van der Waals surface area contributed by atoms with Crippen LogP contribution in [0.2, 0.25) is 0 Å². The molecule has 2 aromatic rings. The van der Waals surface area contributed by atoms with Gasteiger partial charge < -0.3 is 15.4 Å². The Morgan fingerprint density at radius 3 is 2.95 bits per heavy atom. The van der Waals surface area contributed by atoms with Crippen LogP contribution < -0.4 is 10.6 Å². The zero-order valence-corrected chi connectivity index (χ0v) is 12.7. The monoisotopic (exact) mass is 294 g/mol. The van der Waals surface area contributed by atoms with E-state index in [4.69, 9.17) is 15.5 Å². The van der Waals surface area contributed by atoms with Crippen molar-refractivity contribution in [2.75, 3.05) is 31.1 Å². The summed E-state index contributed by atoms with van der Waals surface area (Å²) in [5.74, 6) is 1.12. The molecule has 0 radical (unpaired) electrons. The van der Waals surface area contributed by atoms with Crippen molar-refractivity contribution in [3.05, 3.63) is 17.3 Å². The van der Waals surface area contributed by atoms with Gasteiger partial charge in [0.25, 0.3) is 0 Å². The molecule has 0 unspecified atom stereocenters. The van der Waals surface area contributed by atoms with Gasteiger partial charge in [-0.25, -0.2) is 4.98 Å². The van der Waals surface area contributed by atoms with Crippen molar-refractivity contribution in [3.63, 3.8) is 0 Å². The van der Waals surface area contributed by atoms with E-state index in [0.717, 1.165) is 49.7 Å². The largest absolute Gasteiger partial charge is 0.378 e. The van der Waals surface area contributed by atoms with E-state index in [-0.39, 0.29) is 0 Å². The third-order valence-electron chi connectivity index (χ3n) is 3.86. The lowest BCUT2D eigenvalue weighted by molar-refractivity contribution is 0.0458. The molecule has 6 heteroatoms. The molecule has 3 heterocycles. The highest BCUT2D eigenvalue weighted by atomic mass is 32.1. The molecule has 3 rings (SSSR count). The predicted molar refractivity (Wildman–Crippen MR) is 82.7 cm³/mol. The van der Waals surface area contributed by atoms with Gasteiger partial charge in [-0.1, -0.05) is 0 Å². The molecule has 0 atom stereocenters. The third kappa shape index (κ3) is 2.55. The third-order valence-corrected chi connectivity index (χ3v) is 4.62. The maximum atomic E-state index is 5.76. The van der Waals surface area contributed by atoms with E-state index in [9.17, 15) is 0 Å². The second kappa shape index (κ2) is 6.11. The summed E-state index contributed by atoms with van der Waals surface area (Å²) >= 11 is 1.68. The second-order valence-electron chi connectivity index (χ2n) is 5.12. The van der Waals surface area contributed by atoms with Crippen LogP contribution in [0.15, 0.2) is 11.6 Å². The Morgan fingerprint density at radius 1 is 1.45 bits per heavy atom. The van der Waals surface area contributed by atoms with E-state index in [1.807, 2.05) is 0 Å². The Kier molecular flexibility index (Phi) is 4.24. The SMILES string of the molecule is CCOC1CCN(c2nc3sccn3c2CCN)CC1. The van der Waals surface area contributed by atoms with Gasteiger partial charge in [0, 0.05) is 37.7 Å². The lowest BCUT2D eigenvalue weighted by Crippen LogP contribution is -2.37. The number of piperidine rings is 1. The van der Waals surface area contributed by atoms with Crippen molar-refractivity contribution in [3.8, 4) is 0 Å². The van der Waals surface area contributed by atoms with Crippen LogP contribution in [-0.4, -0.2) is 41.7 Å². The fraction of sp³-hybridized carbons (Fsp3) is 0.643. The number of ether oxygens (including phenoxy) is 1. The van der Waals surface area contributed by atoms with Gasteiger partial charge in [-0.05, 0) is 26.3 Å². The van der Waals surface area contributed by atoms with E-state index in [2.05, 4.69) is 27.8 Å². The van der Waals surface area contributed by atoms with Crippen molar-refractivity contribution < 1.29 is 4.74 Å². The molecule has 2 N–H and O–H groups in total. The van der Waals surface area contributed by atoms with E-state index in [1.54, 1.807) is 11.3 Å². The summed E-state index contributed by atoms with van der Waals surface area (Å²) in [6.45, 7) is 5.57. The molecule has 0 bridgehead atoms. The molecule has 1 saturated heterocycles. The van der Waals surface area contributed by atoms with Gasteiger partial charge in [-0.2, -0.15) is 0 Å². The predicted octanol–water partition coefficient (Wildman–Crippen LogP) is 1.90. The highest BCUT2D eigenvalue weighted by Crippen LogP contribution is 2.27. The highest BCUT2D eigenvalue weighted by molar-refractivity contribution is 7.15. The number of anilines is 1. The number of aromatic nitrogens is 2. The molecule has 20 heavy (non-hydrogen) atoms. The minimum Gasteiger partial charge on any atom is -0.378 e. The molecule has 1 aliphatic rings. The molecule has 0 spiro atoms. The molecular formula is C14H22N4OS. The molecular weight excluding hydrogens is 272 g/mol. The number of imidazole rings is 1. The number of thiazole rings is 1. The van der Waals surface area contributed by atoms with Gasteiger partial charge in [0.2, 0.25) is 0 Å². The lowest BCUT2D eigenvalue weighted by Gasteiger charge is -2.32. The molecule has 1 fully saturated rings. The zero-order valence-electron chi connectivity index (χ0n) is 11.9. The number of fused-ring (bicyclic) bond motifs is 1. The Morgan fingerprint density at radius 2 is 2.25 bits per heavy atom. The summed E-state index contributed by atoms with van der Waals surface area (Å²) in [4.78, 5) is 8.25. The van der Waals surface area contributed by atoms with E-state index in [1.165, 1.54) is 5.69 Å². The van der Waals surface area contributed by atoms with Crippen LogP contribution in [0.25, 0.3) is 4.96 Å². The maximum Gasteiger partial charge on any atom is 0.195 e. The average molecular weight is 294 g/mol. The normalized spacial score (nSPS) is 17.2. The summed E-state index contributed by atoms with van der Waals surface area (Å²) in [5, 5.41) is 2.08. The Labute approximate surface area is 123 Å². The maximum absolute atomic E-state index is 5.76. The van der Waals surface area contributed by atoms with Gasteiger partial charge in [-0.3, -0.25) is 4.40 Å². The first-order chi connectivity index (χ1) is 9.83. The fourth-order valence-electron chi connectivity index (χ4n) is 2.91. The number of hydrogen-bond acceptors (Lipinski definition) is 5. The highest BCUT2D eigenvalue weighted by Gasteiger charge is 2.24. The van der Waals surface area contributed by atoms with Crippen LogP contribution in [0, 0.1) is 0 Å². The Bertz CT molecular complexity index is 557. The first kappa shape index (κ1) is 13.9. The molecule has 0 amide bonds. The van der Waals surface area contributed by atoms with Crippen LogP contribution >= 0.6 is 11.3 Å². The molecule has 5 nitrogen and oxygen atoms in total. The minimum atomic E-state index is 0.415. The van der Waals surface area contributed by atoms with Gasteiger partial charge in [0.05, 0.1) is 11.8 Å². The molecule has 1 aliphatic heterocycles. The van der Waals surface area contributed by atoms with Gasteiger partial charge in [0.15, 0.2) is 10.8 Å². The van der Waals surface area contributed by atoms with Crippen LogP contribution in [-0.2, 0) is 11.2 Å². The molecule has 0 aliphatic carbocycles. The Hall–Kier alpha value is -1.11.